The Morgan fingerprint density at radius 2 is 2.45 bits per heavy atom. The van der Waals surface area contributed by atoms with Crippen LogP contribution in [0.5, 0.6) is 5.88 Å². The highest BCUT2D eigenvalue weighted by molar-refractivity contribution is 5.80. The Morgan fingerprint density at radius 1 is 1.50 bits per heavy atom. The molecule has 3 heterocycles. The molecule has 2 saturated heterocycles. The van der Waals surface area contributed by atoms with Crippen molar-refractivity contribution in [3.8, 4) is 5.88 Å². The Bertz CT molecular complexity index is 488. The number of guanidine groups is 1. The lowest BCUT2D eigenvalue weighted by Crippen LogP contribution is -2.42. The van der Waals surface area contributed by atoms with Crippen LogP contribution in [0.3, 0.4) is 0 Å². The van der Waals surface area contributed by atoms with Crippen LogP contribution >= 0.6 is 0 Å². The molecule has 2 unspecified atom stereocenters. The lowest BCUT2D eigenvalue weighted by Gasteiger charge is -2.22. The lowest BCUT2D eigenvalue weighted by molar-refractivity contribution is 0.186. The van der Waals surface area contributed by atoms with E-state index < -0.39 is 0 Å². The molecule has 0 spiro atoms. The summed E-state index contributed by atoms with van der Waals surface area (Å²) in [5.41, 5.74) is 0. The van der Waals surface area contributed by atoms with Gasteiger partial charge in [-0.05, 0) is 12.5 Å². The van der Waals surface area contributed by atoms with Crippen LogP contribution in [0.4, 0.5) is 0 Å². The third kappa shape index (κ3) is 3.88. The van der Waals surface area contributed by atoms with Gasteiger partial charge in [0.2, 0.25) is 5.88 Å². The molecule has 2 aliphatic heterocycles. The molecule has 2 aliphatic rings. The van der Waals surface area contributed by atoms with Crippen LogP contribution < -0.4 is 10.1 Å². The number of nitrogens with zero attached hydrogens (tertiary/aromatic N) is 3. The molecular formula is C16H24N4O2. The first-order chi connectivity index (χ1) is 10.8. The number of rotatable bonds is 4. The van der Waals surface area contributed by atoms with Crippen LogP contribution in [0.15, 0.2) is 29.4 Å². The molecule has 3 rings (SSSR count). The predicted octanol–water partition coefficient (Wildman–Crippen LogP) is 1.15. The Morgan fingerprint density at radius 3 is 3.18 bits per heavy atom. The average molecular weight is 304 g/mol. The maximum Gasteiger partial charge on any atom is 0.213 e. The van der Waals surface area contributed by atoms with Gasteiger partial charge in [0.15, 0.2) is 5.96 Å². The summed E-state index contributed by atoms with van der Waals surface area (Å²) in [7, 11) is 1.83. The number of aliphatic imine (C=N–C) groups is 1. The van der Waals surface area contributed by atoms with Crippen molar-refractivity contribution in [2.45, 2.75) is 18.9 Å². The molecule has 2 atom stereocenters. The smallest absolute Gasteiger partial charge is 0.213 e. The Balaban J connectivity index is 1.47. The summed E-state index contributed by atoms with van der Waals surface area (Å²) in [6, 6.07) is 5.74. The number of nitrogens with one attached hydrogen (secondary N) is 1. The van der Waals surface area contributed by atoms with Gasteiger partial charge in [-0.2, -0.15) is 0 Å². The second kappa shape index (κ2) is 7.45. The molecule has 1 aromatic rings. The number of hydrogen-bond acceptors (Lipinski definition) is 4. The molecule has 6 nitrogen and oxygen atoms in total. The molecule has 1 aromatic heterocycles. The number of ether oxygens (including phenoxy) is 2. The number of hydrogen-bond donors (Lipinski definition) is 1. The van der Waals surface area contributed by atoms with Gasteiger partial charge in [-0.15, -0.1) is 0 Å². The van der Waals surface area contributed by atoms with E-state index in [1.54, 1.807) is 6.20 Å². The number of aromatic nitrogens is 1. The van der Waals surface area contributed by atoms with Crippen molar-refractivity contribution >= 4 is 5.96 Å². The fraction of sp³-hybridized carbons (Fsp3) is 0.625. The minimum Gasteiger partial charge on any atom is -0.472 e. The van der Waals surface area contributed by atoms with E-state index in [9.17, 15) is 0 Å². The molecule has 120 valence electrons. The number of likely N-dealkylation sites (tertiary alicyclic amines) is 1. The second-order valence-electron chi connectivity index (χ2n) is 5.80. The molecule has 1 N–H and O–H groups in total. The van der Waals surface area contributed by atoms with Gasteiger partial charge in [-0.1, -0.05) is 6.07 Å². The lowest BCUT2D eigenvalue weighted by atomic mass is 10.1. The van der Waals surface area contributed by atoms with E-state index in [-0.39, 0.29) is 6.10 Å². The molecule has 6 heteroatoms. The summed E-state index contributed by atoms with van der Waals surface area (Å²) in [4.78, 5) is 10.9. The summed E-state index contributed by atoms with van der Waals surface area (Å²) in [6.07, 6.45) is 4.05. The fourth-order valence-corrected chi connectivity index (χ4v) is 2.92. The molecule has 0 bridgehead atoms. The van der Waals surface area contributed by atoms with Gasteiger partial charge >= 0.3 is 0 Å². The standard InChI is InChI=1S/C16H24N4O2/c1-17-16(19-10-13-6-9-21-12-13)20-8-5-14(11-20)22-15-4-2-3-7-18-15/h2-4,7,13-14H,5-6,8-12H2,1H3,(H,17,19). The maximum atomic E-state index is 5.92. The van der Waals surface area contributed by atoms with Crippen LogP contribution in [0.2, 0.25) is 0 Å². The monoisotopic (exact) mass is 304 g/mol. The second-order valence-corrected chi connectivity index (χ2v) is 5.80. The minimum absolute atomic E-state index is 0.170. The van der Waals surface area contributed by atoms with E-state index in [1.807, 2.05) is 25.2 Å². The third-order valence-electron chi connectivity index (χ3n) is 4.15. The van der Waals surface area contributed by atoms with Gasteiger partial charge in [0, 0.05) is 51.3 Å². The van der Waals surface area contributed by atoms with Crippen molar-refractivity contribution < 1.29 is 9.47 Å². The van der Waals surface area contributed by atoms with Crippen LogP contribution in [0.25, 0.3) is 0 Å². The normalized spacial score (nSPS) is 25.5. The van der Waals surface area contributed by atoms with Crippen LogP contribution in [-0.2, 0) is 4.74 Å². The van der Waals surface area contributed by atoms with E-state index >= 15 is 0 Å². The highest BCUT2D eigenvalue weighted by Crippen LogP contribution is 2.16. The predicted molar refractivity (Wildman–Crippen MR) is 85.1 cm³/mol. The molecule has 2 fully saturated rings. The Kier molecular flexibility index (Phi) is 5.11. The summed E-state index contributed by atoms with van der Waals surface area (Å²) < 4.78 is 11.3. The van der Waals surface area contributed by atoms with Gasteiger partial charge in [-0.25, -0.2) is 4.98 Å². The minimum atomic E-state index is 0.170. The fourth-order valence-electron chi connectivity index (χ4n) is 2.92. The van der Waals surface area contributed by atoms with E-state index in [2.05, 4.69) is 20.2 Å². The van der Waals surface area contributed by atoms with Gasteiger partial charge in [0.1, 0.15) is 6.10 Å². The molecule has 0 aromatic carbocycles. The zero-order valence-corrected chi connectivity index (χ0v) is 13.1. The summed E-state index contributed by atoms with van der Waals surface area (Å²) >= 11 is 0. The Labute approximate surface area is 131 Å². The van der Waals surface area contributed by atoms with Gasteiger partial charge in [0.05, 0.1) is 13.2 Å². The van der Waals surface area contributed by atoms with Gasteiger partial charge in [0.25, 0.3) is 0 Å². The molecular weight excluding hydrogens is 280 g/mol. The van der Waals surface area contributed by atoms with Crippen molar-refractivity contribution in [3.63, 3.8) is 0 Å². The van der Waals surface area contributed by atoms with Crippen LogP contribution in [0, 0.1) is 5.92 Å². The van der Waals surface area contributed by atoms with Crippen molar-refractivity contribution in [1.82, 2.24) is 15.2 Å². The van der Waals surface area contributed by atoms with E-state index in [4.69, 9.17) is 9.47 Å². The van der Waals surface area contributed by atoms with Gasteiger partial charge in [-0.3, -0.25) is 4.99 Å². The molecule has 22 heavy (non-hydrogen) atoms. The highest BCUT2D eigenvalue weighted by Gasteiger charge is 2.27. The number of pyridine rings is 1. The SMILES string of the molecule is CN=C(NCC1CCOC1)N1CCC(Oc2ccccn2)C1. The molecule has 0 saturated carbocycles. The largest absolute Gasteiger partial charge is 0.472 e. The quantitative estimate of drug-likeness (QED) is 0.668. The van der Waals surface area contributed by atoms with Crippen molar-refractivity contribution in [1.29, 1.82) is 0 Å². The Hall–Kier alpha value is -1.82. The molecule has 0 amide bonds. The van der Waals surface area contributed by atoms with E-state index in [0.29, 0.717) is 11.8 Å². The first kappa shape index (κ1) is 15.1. The summed E-state index contributed by atoms with van der Waals surface area (Å²) in [5.74, 6) is 2.25. The van der Waals surface area contributed by atoms with Crippen LogP contribution in [-0.4, -0.2) is 61.8 Å². The van der Waals surface area contributed by atoms with Gasteiger partial charge < -0.3 is 19.7 Å². The average Bonchev–Trinajstić information content (AvgIpc) is 3.21. The summed E-state index contributed by atoms with van der Waals surface area (Å²) in [6.45, 7) is 4.47. The van der Waals surface area contributed by atoms with Crippen molar-refractivity contribution in [3.05, 3.63) is 24.4 Å². The topological polar surface area (TPSA) is 59.0 Å². The third-order valence-corrected chi connectivity index (χ3v) is 4.15. The first-order valence-electron chi connectivity index (χ1n) is 7.96. The van der Waals surface area contributed by atoms with E-state index in [0.717, 1.165) is 51.6 Å². The highest BCUT2D eigenvalue weighted by atomic mass is 16.5. The maximum absolute atomic E-state index is 5.92. The van der Waals surface area contributed by atoms with Crippen LogP contribution in [0.1, 0.15) is 12.8 Å². The van der Waals surface area contributed by atoms with Crippen molar-refractivity contribution in [2.24, 2.45) is 10.9 Å². The molecule has 0 radical (unpaired) electrons. The van der Waals surface area contributed by atoms with Crippen molar-refractivity contribution in [2.75, 3.05) is 39.9 Å². The first-order valence-corrected chi connectivity index (χ1v) is 7.96. The zero-order valence-electron chi connectivity index (χ0n) is 13.1. The zero-order chi connectivity index (χ0) is 15.2. The van der Waals surface area contributed by atoms with E-state index in [1.165, 1.54) is 0 Å². The summed E-state index contributed by atoms with van der Waals surface area (Å²) in [5, 5.41) is 3.46. The molecule has 0 aliphatic carbocycles.